The number of carboxylic acids is 1. The molecule has 0 radical (unpaired) electrons. The molecule has 80 valence electrons. The highest BCUT2D eigenvalue weighted by Crippen LogP contribution is 2.21. The van der Waals surface area contributed by atoms with Crippen LogP contribution in [0.4, 0.5) is 0 Å². The van der Waals surface area contributed by atoms with Gasteiger partial charge in [-0.25, -0.2) is 0 Å². The fourth-order valence-corrected chi connectivity index (χ4v) is 2.15. The van der Waals surface area contributed by atoms with Gasteiger partial charge in [0.05, 0.1) is 6.42 Å². The van der Waals surface area contributed by atoms with Crippen LogP contribution >= 0.6 is 15.9 Å². The lowest BCUT2D eigenvalue weighted by Gasteiger charge is -2.05. The Morgan fingerprint density at radius 2 is 1.93 bits per heavy atom. The zero-order valence-corrected chi connectivity index (χ0v) is 10.3. The summed E-state index contributed by atoms with van der Waals surface area (Å²) in [6.45, 7) is 4.02. The molecule has 2 nitrogen and oxygen atoms in total. The van der Waals surface area contributed by atoms with Crippen molar-refractivity contribution in [3.8, 4) is 0 Å². The second-order valence-corrected chi connectivity index (χ2v) is 4.37. The number of aliphatic carboxylic acids is 1. The molecule has 0 aliphatic heterocycles. The van der Waals surface area contributed by atoms with E-state index in [1.165, 1.54) is 0 Å². The van der Waals surface area contributed by atoms with Crippen LogP contribution in [0.25, 0.3) is 6.08 Å². The molecule has 0 heterocycles. The number of benzene rings is 1. The standard InChI is InChI=1S/C12H13BrO2/c1-8-6-10(13)7-9(2)11(8)4-3-5-12(14)15/h3-4,6-7H,5H2,1-2H3,(H,14,15)/b4-3+. The normalized spacial score (nSPS) is 10.9. The summed E-state index contributed by atoms with van der Waals surface area (Å²) < 4.78 is 1.05. The van der Waals surface area contributed by atoms with Crippen molar-refractivity contribution in [2.75, 3.05) is 0 Å². The van der Waals surface area contributed by atoms with Gasteiger partial charge in [-0.15, -0.1) is 0 Å². The van der Waals surface area contributed by atoms with Gasteiger partial charge >= 0.3 is 5.97 Å². The molecule has 0 aromatic heterocycles. The molecule has 0 saturated heterocycles. The molecule has 0 bridgehead atoms. The van der Waals surface area contributed by atoms with Crippen molar-refractivity contribution in [1.29, 1.82) is 0 Å². The Bertz CT molecular complexity index is 385. The molecule has 0 saturated carbocycles. The minimum Gasteiger partial charge on any atom is -0.481 e. The first-order chi connectivity index (χ1) is 7.00. The van der Waals surface area contributed by atoms with Crippen molar-refractivity contribution in [3.63, 3.8) is 0 Å². The van der Waals surface area contributed by atoms with Crippen LogP contribution in [-0.4, -0.2) is 11.1 Å². The van der Waals surface area contributed by atoms with Crippen molar-refractivity contribution < 1.29 is 9.90 Å². The van der Waals surface area contributed by atoms with Crippen molar-refractivity contribution >= 4 is 28.0 Å². The number of aryl methyl sites for hydroxylation is 2. The van der Waals surface area contributed by atoms with Crippen molar-refractivity contribution in [1.82, 2.24) is 0 Å². The first-order valence-electron chi connectivity index (χ1n) is 4.66. The average Bonchev–Trinajstić information content (AvgIpc) is 2.08. The number of carbonyl (C=O) groups is 1. The van der Waals surface area contributed by atoms with E-state index in [9.17, 15) is 4.79 Å². The van der Waals surface area contributed by atoms with Crippen LogP contribution in [0.3, 0.4) is 0 Å². The highest BCUT2D eigenvalue weighted by molar-refractivity contribution is 9.10. The molecule has 0 spiro atoms. The van der Waals surface area contributed by atoms with Crippen molar-refractivity contribution in [3.05, 3.63) is 39.4 Å². The first kappa shape index (κ1) is 12.0. The third-order valence-corrected chi connectivity index (χ3v) is 2.59. The summed E-state index contributed by atoms with van der Waals surface area (Å²) in [6, 6.07) is 4.04. The minimum absolute atomic E-state index is 0.0644. The van der Waals surface area contributed by atoms with Crippen LogP contribution in [0.1, 0.15) is 23.1 Å². The van der Waals surface area contributed by atoms with E-state index in [-0.39, 0.29) is 6.42 Å². The second-order valence-electron chi connectivity index (χ2n) is 3.45. The van der Waals surface area contributed by atoms with E-state index >= 15 is 0 Å². The van der Waals surface area contributed by atoms with Gasteiger partial charge in [0.2, 0.25) is 0 Å². The zero-order valence-electron chi connectivity index (χ0n) is 8.75. The average molecular weight is 269 g/mol. The van der Waals surface area contributed by atoms with Gasteiger partial charge in [0, 0.05) is 4.47 Å². The zero-order chi connectivity index (χ0) is 11.4. The predicted molar refractivity (Wildman–Crippen MR) is 64.9 cm³/mol. The molecule has 1 aromatic carbocycles. The van der Waals surface area contributed by atoms with Gasteiger partial charge in [-0.05, 0) is 42.7 Å². The topological polar surface area (TPSA) is 37.3 Å². The Labute approximate surface area is 97.8 Å². The summed E-state index contributed by atoms with van der Waals surface area (Å²) >= 11 is 3.42. The van der Waals surface area contributed by atoms with Gasteiger partial charge < -0.3 is 5.11 Å². The lowest BCUT2D eigenvalue weighted by molar-refractivity contribution is -0.135. The molecule has 15 heavy (non-hydrogen) atoms. The van der Waals surface area contributed by atoms with Gasteiger partial charge in [0.1, 0.15) is 0 Å². The number of hydrogen-bond donors (Lipinski definition) is 1. The Morgan fingerprint density at radius 3 is 2.40 bits per heavy atom. The van der Waals surface area contributed by atoms with Crippen LogP contribution in [0.15, 0.2) is 22.7 Å². The van der Waals surface area contributed by atoms with E-state index in [0.29, 0.717) is 0 Å². The lowest BCUT2D eigenvalue weighted by Crippen LogP contribution is -1.91. The van der Waals surface area contributed by atoms with Gasteiger partial charge in [-0.3, -0.25) is 4.79 Å². The number of carboxylic acid groups (broad SMARTS) is 1. The fraction of sp³-hybridized carbons (Fsp3) is 0.250. The van der Waals surface area contributed by atoms with Gasteiger partial charge in [0.15, 0.2) is 0 Å². The van der Waals surface area contributed by atoms with E-state index in [4.69, 9.17) is 5.11 Å². The third-order valence-electron chi connectivity index (χ3n) is 2.14. The molecule has 0 aliphatic rings. The smallest absolute Gasteiger partial charge is 0.307 e. The molecule has 0 unspecified atom stereocenters. The Kier molecular flexibility index (Phi) is 4.09. The SMILES string of the molecule is Cc1cc(Br)cc(C)c1/C=C/CC(=O)O. The maximum Gasteiger partial charge on any atom is 0.307 e. The summed E-state index contributed by atoms with van der Waals surface area (Å²) in [5, 5.41) is 8.52. The quantitative estimate of drug-likeness (QED) is 0.911. The highest BCUT2D eigenvalue weighted by atomic mass is 79.9. The van der Waals surface area contributed by atoms with Gasteiger partial charge in [-0.1, -0.05) is 28.1 Å². The number of rotatable bonds is 3. The van der Waals surface area contributed by atoms with Crippen LogP contribution < -0.4 is 0 Å². The number of hydrogen-bond acceptors (Lipinski definition) is 1. The minimum atomic E-state index is -0.807. The molecule has 0 fully saturated rings. The molecular weight excluding hydrogens is 256 g/mol. The molecular formula is C12H13BrO2. The molecule has 3 heteroatoms. The van der Waals surface area contributed by atoms with Crippen molar-refractivity contribution in [2.24, 2.45) is 0 Å². The van der Waals surface area contributed by atoms with E-state index in [2.05, 4.69) is 15.9 Å². The summed E-state index contributed by atoms with van der Waals surface area (Å²) in [6.07, 6.45) is 3.60. The van der Waals surface area contributed by atoms with Crippen LogP contribution in [-0.2, 0) is 4.79 Å². The maximum absolute atomic E-state index is 10.4. The summed E-state index contributed by atoms with van der Waals surface area (Å²) in [7, 11) is 0. The predicted octanol–water partition coefficient (Wildman–Crippen LogP) is 3.55. The van der Waals surface area contributed by atoms with Crippen LogP contribution in [0.2, 0.25) is 0 Å². The van der Waals surface area contributed by atoms with Gasteiger partial charge in [-0.2, -0.15) is 0 Å². The van der Waals surface area contributed by atoms with E-state index in [0.717, 1.165) is 21.2 Å². The Balaban J connectivity index is 2.94. The second kappa shape index (κ2) is 5.12. The first-order valence-corrected chi connectivity index (χ1v) is 5.45. The van der Waals surface area contributed by atoms with E-state index in [1.807, 2.05) is 32.1 Å². The molecule has 0 amide bonds. The molecule has 0 aliphatic carbocycles. The Morgan fingerprint density at radius 1 is 1.40 bits per heavy atom. The van der Waals surface area contributed by atoms with E-state index in [1.54, 1.807) is 6.08 Å². The van der Waals surface area contributed by atoms with Crippen LogP contribution in [0, 0.1) is 13.8 Å². The largest absolute Gasteiger partial charge is 0.481 e. The monoisotopic (exact) mass is 268 g/mol. The van der Waals surface area contributed by atoms with E-state index < -0.39 is 5.97 Å². The summed E-state index contributed by atoms with van der Waals surface area (Å²) in [5.74, 6) is -0.807. The molecule has 1 N–H and O–H groups in total. The molecule has 0 atom stereocenters. The van der Waals surface area contributed by atoms with Crippen LogP contribution in [0.5, 0.6) is 0 Å². The lowest BCUT2D eigenvalue weighted by atomic mass is 10.0. The third kappa shape index (κ3) is 3.51. The van der Waals surface area contributed by atoms with Gasteiger partial charge in [0.25, 0.3) is 0 Å². The Hall–Kier alpha value is -1.09. The fourth-order valence-electron chi connectivity index (χ4n) is 1.46. The highest BCUT2D eigenvalue weighted by Gasteiger charge is 2.00. The summed E-state index contributed by atoms with van der Waals surface area (Å²) in [4.78, 5) is 10.4. The number of halogens is 1. The summed E-state index contributed by atoms with van der Waals surface area (Å²) in [5.41, 5.74) is 3.38. The maximum atomic E-state index is 10.4. The van der Waals surface area contributed by atoms with Crippen molar-refractivity contribution in [2.45, 2.75) is 20.3 Å². The molecule has 1 aromatic rings. The molecule has 1 rings (SSSR count).